The lowest BCUT2D eigenvalue weighted by Crippen LogP contribution is -2.60. The quantitative estimate of drug-likeness (QED) is 0.195. The lowest BCUT2D eigenvalue weighted by atomic mass is 10.0. The topological polar surface area (TPSA) is 171 Å². The minimum absolute atomic E-state index is 0.0173. The molecule has 0 aliphatic rings. The van der Waals surface area contributed by atoms with E-state index in [2.05, 4.69) is 16.0 Å². The van der Waals surface area contributed by atoms with Crippen molar-refractivity contribution < 1.29 is 29.4 Å². The van der Waals surface area contributed by atoms with Crippen LogP contribution in [0.3, 0.4) is 0 Å². The predicted molar refractivity (Wildman–Crippen MR) is 136 cm³/mol. The molecule has 1 aromatic carbocycles. The maximum Gasteiger partial charge on any atom is 0.326 e. The molecule has 0 bridgehead atoms. The summed E-state index contributed by atoms with van der Waals surface area (Å²) in [6.07, 6.45) is 1.31. The highest BCUT2D eigenvalue weighted by Crippen LogP contribution is 2.09. The Bertz CT molecular complexity index is 837. The average molecular weight is 511 g/mol. The van der Waals surface area contributed by atoms with Crippen molar-refractivity contribution >= 4 is 35.5 Å². The van der Waals surface area contributed by atoms with Crippen molar-refractivity contribution in [2.45, 2.75) is 70.3 Å². The number of amides is 3. The summed E-state index contributed by atoms with van der Waals surface area (Å²) in [6, 6.07) is 4.44. The van der Waals surface area contributed by atoms with E-state index in [1.165, 1.54) is 18.7 Å². The van der Waals surface area contributed by atoms with E-state index in [0.717, 1.165) is 5.56 Å². The molecule has 0 saturated carbocycles. The molecule has 5 unspecified atom stereocenters. The van der Waals surface area contributed by atoms with E-state index < -0.39 is 54.0 Å². The number of hydrogen-bond acceptors (Lipinski definition) is 7. The van der Waals surface area contributed by atoms with Crippen LogP contribution in [0.5, 0.6) is 0 Å². The van der Waals surface area contributed by atoms with Crippen LogP contribution in [-0.2, 0) is 25.6 Å². The number of carboxylic acids is 1. The molecule has 1 aromatic rings. The average Bonchev–Trinajstić information content (AvgIpc) is 2.79. The van der Waals surface area contributed by atoms with Crippen LogP contribution >= 0.6 is 11.8 Å². The van der Waals surface area contributed by atoms with Gasteiger partial charge in [0.15, 0.2) is 0 Å². The van der Waals surface area contributed by atoms with Crippen LogP contribution in [0.2, 0.25) is 0 Å². The number of carbonyl (C=O) groups excluding carboxylic acids is 3. The van der Waals surface area contributed by atoms with E-state index in [1.54, 1.807) is 30.3 Å². The van der Waals surface area contributed by atoms with Gasteiger partial charge in [-0.1, -0.05) is 44.2 Å². The van der Waals surface area contributed by atoms with Gasteiger partial charge in [-0.2, -0.15) is 11.8 Å². The van der Waals surface area contributed by atoms with Gasteiger partial charge in [0.2, 0.25) is 17.7 Å². The highest BCUT2D eigenvalue weighted by atomic mass is 32.2. The van der Waals surface area contributed by atoms with Crippen molar-refractivity contribution in [1.29, 1.82) is 0 Å². The van der Waals surface area contributed by atoms with E-state index in [1.807, 2.05) is 20.1 Å². The second kappa shape index (κ2) is 15.4. The largest absolute Gasteiger partial charge is 0.480 e. The number of nitrogens with two attached hydrogens (primary N) is 1. The fourth-order valence-electron chi connectivity index (χ4n) is 3.33. The number of aliphatic hydroxyl groups is 1. The Hall–Kier alpha value is -2.63. The fraction of sp³-hybridized carbons (Fsp3) is 0.583. The van der Waals surface area contributed by atoms with Gasteiger partial charge in [-0.3, -0.25) is 14.4 Å². The number of hydrogen-bond donors (Lipinski definition) is 6. The summed E-state index contributed by atoms with van der Waals surface area (Å²) in [5, 5.41) is 27.2. The Morgan fingerprint density at radius 1 is 0.943 bits per heavy atom. The standard InChI is InChI=1S/C24H38N4O6S/c1-14(2)12-19(24(33)34)27-22(31)18(13-16-8-6-5-7-9-16)26-23(32)20(15(3)29)28-21(30)17(25)10-11-35-4/h5-9,14-15,17-20,29H,10-13,25H2,1-4H3,(H,26,32)(H,27,31)(H,28,30)(H,33,34). The molecule has 5 atom stereocenters. The first-order chi connectivity index (χ1) is 16.5. The number of carbonyl (C=O) groups is 4. The van der Waals surface area contributed by atoms with Crippen LogP contribution in [-0.4, -0.2) is 76.2 Å². The molecular weight excluding hydrogens is 472 g/mol. The molecule has 10 nitrogen and oxygen atoms in total. The number of aliphatic hydroxyl groups excluding tert-OH is 1. The molecule has 0 fully saturated rings. The number of nitrogens with one attached hydrogen (secondary N) is 3. The van der Waals surface area contributed by atoms with Crippen molar-refractivity contribution in [3.8, 4) is 0 Å². The maximum absolute atomic E-state index is 13.1. The summed E-state index contributed by atoms with van der Waals surface area (Å²) >= 11 is 1.53. The minimum Gasteiger partial charge on any atom is -0.480 e. The van der Waals surface area contributed by atoms with E-state index in [0.29, 0.717) is 12.2 Å². The van der Waals surface area contributed by atoms with Gasteiger partial charge in [0.1, 0.15) is 18.1 Å². The van der Waals surface area contributed by atoms with Crippen LogP contribution in [0, 0.1) is 5.92 Å². The normalized spacial score (nSPS) is 15.4. The third kappa shape index (κ3) is 11.1. The minimum atomic E-state index is -1.35. The van der Waals surface area contributed by atoms with Gasteiger partial charge in [-0.05, 0) is 43.3 Å². The van der Waals surface area contributed by atoms with Crippen LogP contribution < -0.4 is 21.7 Å². The number of rotatable bonds is 15. The first-order valence-electron chi connectivity index (χ1n) is 11.6. The Labute approximate surface area is 210 Å². The van der Waals surface area contributed by atoms with Gasteiger partial charge in [0.05, 0.1) is 12.1 Å². The molecule has 3 amide bonds. The van der Waals surface area contributed by atoms with Crippen molar-refractivity contribution in [3.05, 3.63) is 35.9 Å². The lowest BCUT2D eigenvalue weighted by Gasteiger charge is -2.27. The Kier molecular flexibility index (Phi) is 13.4. The van der Waals surface area contributed by atoms with Gasteiger partial charge in [0, 0.05) is 6.42 Å². The number of aliphatic carboxylic acids is 1. The highest BCUT2D eigenvalue weighted by Gasteiger charge is 2.32. The number of carboxylic acid groups (broad SMARTS) is 1. The molecule has 0 heterocycles. The summed E-state index contributed by atoms with van der Waals surface area (Å²) < 4.78 is 0. The molecule has 0 spiro atoms. The van der Waals surface area contributed by atoms with Crippen molar-refractivity contribution in [1.82, 2.24) is 16.0 Å². The first kappa shape index (κ1) is 30.4. The molecule has 0 aliphatic heterocycles. The zero-order chi connectivity index (χ0) is 26.5. The van der Waals surface area contributed by atoms with E-state index in [-0.39, 0.29) is 18.8 Å². The van der Waals surface area contributed by atoms with E-state index in [9.17, 15) is 29.4 Å². The first-order valence-corrected chi connectivity index (χ1v) is 13.0. The van der Waals surface area contributed by atoms with Crippen LogP contribution in [0.25, 0.3) is 0 Å². The van der Waals surface area contributed by atoms with E-state index in [4.69, 9.17) is 5.73 Å². The molecule has 7 N–H and O–H groups in total. The summed E-state index contributed by atoms with van der Waals surface area (Å²) in [5.74, 6) is -2.55. The summed E-state index contributed by atoms with van der Waals surface area (Å²) in [7, 11) is 0. The summed E-state index contributed by atoms with van der Waals surface area (Å²) in [5.41, 5.74) is 6.60. The molecule has 0 aromatic heterocycles. The second-order valence-corrected chi connectivity index (χ2v) is 9.88. The number of benzene rings is 1. The van der Waals surface area contributed by atoms with Gasteiger partial charge < -0.3 is 31.9 Å². The highest BCUT2D eigenvalue weighted by molar-refractivity contribution is 7.98. The molecule has 0 aliphatic carbocycles. The third-order valence-corrected chi connectivity index (χ3v) is 5.91. The summed E-state index contributed by atoms with van der Waals surface area (Å²) in [6.45, 7) is 5.02. The molecule has 196 valence electrons. The lowest BCUT2D eigenvalue weighted by molar-refractivity contribution is -0.143. The van der Waals surface area contributed by atoms with Gasteiger partial charge in [-0.25, -0.2) is 4.79 Å². The molecule has 35 heavy (non-hydrogen) atoms. The Morgan fingerprint density at radius 3 is 2.06 bits per heavy atom. The van der Waals surface area contributed by atoms with E-state index >= 15 is 0 Å². The van der Waals surface area contributed by atoms with Crippen LogP contribution in [0.1, 0.15) is 39.2 Å². The van der Waals surface area contributed by atoms with Gasteiger partial charge >= 0.3 is 5.97 Å². The molecule has 0 radical (unpaired) electrons. The summed E-state index contributed by atoms with van der Waals surface area (Å²) in [4.78, 5) is 50.1. The maximum atomic E-state index is 13.1. The Morgan fingerprint density at radius 2 is 1.54 bits per heavy atom. The predicted octanol–water partition coefficient (Wildman–Crippen LogP) is 0.275. The zero-order valence-electron chi connectivity index (χ0n) is 20.7. The molecule has 0 saturated heterocycles. The van der Waals surface area contributed by atoms with Crippen molar-refractivity contribution in [3.63, 3.8) is 0 Å². The molecule has 1 rings (SSSR count). The van der Waals surface area contributed by atoms with Crippen molar-refractivity contribution in [2.75, 3.05) is 12.0 Å². The smallest absolute Gasteiger partial charge is 0.326 e. The number of thioether (sulfide) groups is 1. The third-order valence-electron chi connectivity index (χ3n) is 5.27. The Balaban J connectivity index is 3.06. The second-order valence-electron chi connectivity index (χ2n) is 8.89. The molecule has 11 heteroatoms. The SMILES string of the molecule is CSCCC(N)C(=O)NC(C(=O)NC(Cc1ccccc1)C(=O)NC(CC(C)C)C(=O)O)C(C)O. The molecular formula is C24H38N4O6S. The van der Waals surface area contributed by atoms with Crippen molar-refractivity contribution in [2.24, 2.45) is 11.7 Å². The fourth-order valence-corrected chi connectivity index (χ4v) is 3.82. The van der Waals surface area contributed by atoms with Crippen LogP contribution in [0.4, 0.5) is 0 Å². The van der Waals surface area contributed by atoms with Gasteiger partial charge in [-0.15, -0.1) is 0 Å². The monoisotopic (exact) mass is 510 g/mol. The zero-order valence-corrected chi connectivity index (χ0v) is 21.5. The van der Waals surface area contributed by atoms with Gasteiger partial charge in [0.25, 0.3) is 0 Å². The van der Waals surface area contributed by atoms with Crippen LogP contribution in [0.15, 0.2) is 30.3 Å².